The fourth-order valence-electron chi connectivity index (χ4n) is 4.80. The van der Waals surface area contributed by atoms with E-state index < -0.39 is 34.2 Å². The number of hydrogen-bond acceptors (Lipinski definition) is 7. The molecule has 3 aliphatic rings. The highest BCUT2D eigenvalue weighted by Gasteiger charge is 2.44. The van der Waals surface area contributed by atoms with E-state index in [-0.39, 0.29) is 11.9 Å². The van der Waals surface area contributed by atoms with Gasteiger partial charge in [0.15, 0.2) is 11.5 Å². The average molecular weight is 412 g/mol. The highest BCUT2D eigenvalue weighted by Crippen LogP contribution is 2.45. The van der Waals surface area contributed by atoms with Crippen molar-refractivity contribution in [2.45, 2.75) is 63.9 Å². The molecule has 1 N–H and O–H groups in total. The molecular weight excluding hydrogens is 388 g/mol. The van der Waals surface area contributed by atoms with Gasteiger partial charge in [-0.05, 0) is 57.1 Å². The Balaban J connectivity index is 1.80. The number of esters is 1. The van der Waals surface area contributed by atoms with Crippen LogP contribution in [0.5, 0.6) is 5.75 Å². The molecule has 1 heterocycles. The number of hydrogen-bond donors (Lipinski definition) is 1. The number of aliphatic imine (C=N–C) groups is 1. The van der Waals surface area contributed by atoms with Crippen LogP contribution in [0.2, 0.25) is 0 Å². The number of phenols is 1. The molecule has 0 radical (unpaired) electrons. The van der Waals surface area contributed by atoms with Crippen LogP contribution in [0.15, 0.2) is 34.5 Å². The van der Waals surface area contributed by atoms with E-state index >= 15 is 0 Å². The normalized spacial score (nSPS) is 24.4. The van der Waals surface area contributed by atoms with Gasteiger partial charge in [-0.2, -0.15) is 0 Å². The van der Waals surface area contributed by atoms with Gasteiger partial charge in [0.2, 0.25) is 0 Å². The largest absolute Gasteiger partial charge is 0.502 e. The zero-order valence-electron chi connectivity index (χ0n) is 16.8. The number of allylic oxidation sites excluding steroid dienone is 2. The van der Waals surface area contributed by atoms with Crippen molar-refractivity contribution in [3.05, 3.63) is 45.1 Å². The molecule has 1 saturated carbocycles. The fourth-order valence-corrected chi connectivity index (χ4v) is 4.80. The summed E-state index contributed by atoms with van der Waals surface area (Å²) in [5, 5.41) is 21.2. The lowest BCUT2D eigenvalue weighted by Gasteiger charge is -2.34. The number of aromatic hydroxyl groups is 1. The van der Waals surface area contributed by atoms with Crippen LogP contribution in [-0.2, 0) is 14.3 Å². The molecule has 1 aromatic carbocycles. The molecule has 0 amide bonds. The van der Waals surface area contributed by atoms with E-state index in [1.807, 2.05) is 0 Å². The number of nitro benzene ring substituents is 1. The van der Waals surface area contributed by atoms with Gasteiger partial charge in [0, 0.05) is 35.4 Å². The average Bonchev–Trinajstić information content (AvgIpc) is 3.20. The first kappa shape index (κ1) is 20.3. The van der Waals surface area contributed by atoms with E-state index in [4.69, 9.17) is 4.74 Å². The van der Waals surface area contributed by atoms with Crippen LogP contribution in [0.25, 0.3) is 0 Å². The van der Waals surface area contributed by atoms with Crippen molar-refractivity contribution in [2.24, 2.45) is 10.9 Å². The Hall–Kier alpha value is -3.03. The van der Waals surface area contributed by atoms with E-state index in [0.29, 0.717) is 41.8 Å². The van der Waals surface area contributed by atoms with Gasteiger partial charge in [0.1, 0.15) is 12.0 Å². The first-order chi connectivity index (χ1) is 14.4. The number of Topliss-reactive ketones (excluding diaryl/α,β-unsaturated/α-hetero) is 1. The number of rotatable bonds is 4. The molecule has 2 aliphatic carbocycles. The van der Waals surface area contributed by atoms with E-state index in [9.17, 15) is 24.8 Å². The smallest absolute Gasteiger partial charge is 0.315 e. The summed E-state index contributed by atoms with van der Waals surface area (Å²) < 4.78 is 5.75. The first-order valence-corrected chi connectivity index (χ1v) is 10.4. The zero-order chi connectivity index (χ0) is 21.4. The van der Waals surface area contributed by atoms with Gasteiger partial charge in [0.05, 0.1) is 4.92 Å². The number of benzene rings is 1. The van der Waals surface area contributed by atoms with Crippen LogP contribution < -0.4 is 0 Å². The molecule has 1 fully saturated rings. The molecule has 8 nitrogen and oxygen atoms in total. The van der Waals surface area contributed by atoms with Crippen LogP contribution in [0, 0.1) is 16.0 Å². The number of carbonyl (C=O) groups excluding carboxylic acids is 2. The van der Waals surface area contributed by atoms with Crippen LogP contribution in [0.3, 0.4) is 0 Å². The molecule has 0 saturated heterocycles. The van der Waals surface area contributed by atoms with Gasteiger partial charge in [-0.15, -0.1) is 0 Å². The number of nitro groups is 1. The van der Waals surface area contributed by atoms with Gasteiger partial charge in [-0.3, -0.25) is 24.7 Å². The van der Waals surface area contributed by atoms with Crippen molar-refractivity contribution >= 4 is 23.2 Å². The van der Waals surface area contributed by atoms with Gasteiger partial charge in [-0.1, -0.05) is 6.07 Å². The third kappa shape index (κ3) is 3.62. The maximum Gasteiger partial charge on any atom is 0.315 e. The van der Waals surface area contributed by atoms with Crippen molar-refractivity contribution in [3.63, 3.8) is 0 Å². The van der Waals surface area contributed by atoms with Crippen LogP contribution >= 0.6 is 0 Å². The minimum absolute atomic E-state index is 0.0908. The summed E-state index contributed by atoms with van der Waals surface area (Å²) in [6.07, 6.45) is 5.18. The second-order valence-corrected chi connectivity index (χ2v) is 8.19. The molecule has 0 spiro atoms. The van der Waals surface area contributed by atoms with Crippen LogP contribution in [-0.4, -0.2) is 33.6 Å². The second kappa shape index (κ2) is 8.01. The van der Waals surface area contributed by atoms with E-state index in [1.54, 1.807) is 6.92 Å². The molecule has 4 rings (SSSR count). The molecule has 158 valence electrons. The van der Waals surface area contributed by atoms with E-state index in [2.05, 4.69) is 4.99 Å². The molecule has 2 atom stereocenters. The van der Waals surface area contributed by atoms with E-state index in [1.165, 1.54) is 18.2 Å². The van der Waals surface area contributed by atoms with Gasteiger partial charge >= 0.3 is 11.7 Å². The highest BCUT2D eigenvalue weighted by atomic mass is 16.6. The Labute approximate surface area is 173 Å². The summed E-state index contributed by atoms with van der Waals surface area (Å²) in [4.78, 5) is 41.3. The quantitative estimate of drug-likeness (QED) is 0.454. The first-order valence-electron chi connectivity index (χ1n) is 10.4. The number of ether oxygens (including phenoxy) is 1. The third-order valence-corrected chi connectivity index (χ3v) is 6.23. The zero-order valence-corrected chi connectivity index (χ0v) is 16.8. The monoisotopic (exact) mass is 412 g/mol. The molecular formula is C22H24N2O6. The van der Waals surface area contributed by atoms with E-state index in [0.717, 1.165) is 25.7 Å². The number of phenolic OH excluding ortho intramolecular Hbond substituents is 1. The molecule has 1 unspecified atom stereocenters. The summed E-state index contributed by atoms with van der Waals surface area (Å²) in [5.41, 5.74) is 1.62. The van der Waals surface area contributed by atoms with Crippen molar-refractivity contribution in [3.8, 4) is 5.75 Å². The summed E-state index contributed by atoms with van der Waals surface area (Å²) in [6.45, 7) is 1.74. The lowest BCUT2D eigenvalue weighted by atomic mass is 9.71. The number of ketones is 1. The predicted octanol–water partition coefficient (Wildman–Crippen LogP) is 3.97. The molecule has 1 aromatic rings. The minimum atomic E-state index is -0.824. The molecule has 8 heteroatoms. The van der Waals surface area contributed by atoms with Crippen molar-refractivity contribution < 1.29 is 24.4 Å². The summed E-state index contributed by atoms with van der Waals surface area (Å²) in [5.74, 6) is -2.53. The van der Waals surface area contributed by atoms with Gasteiger partial charge in [-0.25, -0.2) is 0 Å². The lowest BCUT2D eigenvalue weighted by molar-refractivity contribution is -0.385. The Morgan fingerprint density at radius 1 is 1.23 bits per heavy atom. The lowest BCUT2D eigenvalue weighted by Crippen LogP contribution is -2.38. The standard InChI is InChI=1S/C22H24N2O6/c1-12-19(22(27)30-14-5-2-3-6-14)20(21-15(23-12)7-4-8-18(21)26)13-9-10-17(25)16(11-13)24(28)29/h9-11,14,19-20,25H,2-8H2,1H3/t19?,20-/m1/s1. The third-order valence-electron chi connectivity index (χ3n) is 6.23. The van der Waals surface area contributed by atoms with Gasteiger partial charge < -0.3 is 9.84 Å². The Bertz CT molecular complexity index is 974. The minimum Gasteiger partial charge on any atom is -0.502 e. The SMILES string of the molecule is CC1=NC2=C(C(=O)CCC2)[C@H](c2ccc(O)c([N+](=O)[O-])c2)C1C(=O)OC1CCCC1. The van der Waals surface area contributed by atoms with Crippen molar-refractivity contribution in [1.82, 2.24) is 0 Å². The summed E-state index contributed by atoms with van der Waals surface area (Å²) in [7, 11) is 0. The summed E-state index contributed by atoms with van der Waals surface area (Å²) >= 11 is 0. The van der Waals surface area contributed by atoms with Crippen molar-refractivity contribution in [1.29, 1.82) is 0 Å². The Morgan fingerprint density at radius 2 is 1.97 bits per heavy atom. The number of nitrogens with zero attached hydrogens (tertiary/aromatic N) is 2. The maximum atomic E-state index is 13.2. The topological polar surface area (TPSA) is 119 Å². The molecule has 0 aromatic heterocycles. The van der Waals surface area contributed by atoms with Gasteiger partial charge in [0.25, 0.3) is 0 Å². The highest BCUT2D eigenvalue weighted by molar-refractivity contribution is 6.08. The fraction of sp³-hybridized carbons (Fsp3) is 0.500. The Morgan fingerprint density at radius 3 is 2.67 bits per heavy atom. The van der Waals surface area contributed by atoms with Crippen molar-refractivity contribution in [2.75, 3.05) is 0 Å². The Kier molecular flexibility index (Phi) is 5.40. The predicted molar refractivity (Wildman–Crippen MR) is 108 cm³/mol. The summed E-state index contributed by atoms with van der Waals surface area (Å²) in [6, 6.07) is 4.02. The molecule has 30 heavy (non-hydrogen) atoms. The van der Waals surface area contributed by atoms with Crippen LogP contribution in [0.4, 0.5) is 5.69 Å². The second-order valence-electron chi connectivity index (χ2n) is 8.19. The maximum absolute atomic E-state index is 13.2. The molecule has 0 bridgehead atoms. The van der Waals surface area contributed by atoms with Crippen LogP contribution in [0.1, 0.15) is 63.4 Å². The number of carbonyl (C=O) groups is 2. The molecule has 1 aliphatic heterocycles.